The second-order valence-corrected chi connectivity index (χ2v) is 10.4. The molecule has 0 spiro atoms. The molecule has 0 radical (unpaired) electrons. The molecule has 0 atom stereocenters. The molecule has 1 aliphatic rings. The summed E-state index contributed by atoms with van der Waals surface area (Å²) in [6.45, 7) is 4.83. The molecule has 3 aromatic rings. The number of benzene rings is 3. The van der Waals surface area contributed by atoms with Gasteiger partial charge in [-0.1, -0.05) is 55.8 Å². The summed E-state index contributed by atoms with van der Waals surface area (Å²) in [6.07, 6.45) is 6.54. The topological polar surface area (TPSA) is 70.7 Å². The van der Waals surface area contributed by atoms with Gasteiger partial charge in [0.15, 0.2) is 0 Å². The number of rotatable bonds is 12. The molecular weight excluding hydrogens is 486 g/mol. The molecule has 0 saturated carbocycles. The average Bonchev–Trinajstić information content (AvgIpc) is 2.97. The van der Waals surface area contributed by atoms with Crippen LogP contribution in [0.15, 0.2) is 72.8 Å². The van der Waals surface area contributed by atoms with Gasteiger partial charge >= 0.3 is 0 Å². The number of anilines is 2. The lowest BCUT2D eigenvalue weighted by Gasteiger charge is -2.35. The monoisotopic (exact) mass is 527 g/mol. The van der Waals surface area contributed by atoms with Crippen molar-refractivity contribution in [3.8, 4) is 0 Å². The molecule has 1 heterocycles. The van der Waals surface area contributed by atoms with Gasteiger partial charge in [-0.25, -0.2) is 0 Å². The van der Waals surface area contributed by atoms with E-state index in [1.54, 1.807) is 13.2 Å². The third-order valence-electron chi connectivity index (χ3n) is 7.45. The van der Waals surface area contributed by atoms with Crippen LogP contribution in [-0.4, -0.2) is 45.2 Å². The molecule has 6 heteroatoms. The Kier molecular flexibility index (Phi) is 10.5. The number of nitrogens with one attached hydrogen (secondary N) is 2. The number of unbranched alkanes of at least 4 members (excludes halogenated alkanes) is 1. The Morgan fingerprint density at radius 2 is 1.67 bits per heavy atom. The lowest BCUT2D eigenvalue weighted by Crippen LogP contribution is -2.36. The van der Waals surface area contributed by atoms with Crippen molar-refractivity contribution in [3.63, 3.8) is 0 Å². The minimum atomic E-state index is -0.183. The van der Waals surface area contributed by atoms with Crippen molar-refractivity contribution in [2.75, 3.05) is 43.6 Å². The standard InChI is InChI=1S/C33H41N3O3/c1-3-4-8-25-11-13-28(14-12-25)32(37)35-29-15-16-31(30(24-29)33(38)34-19-22-39-2)36-20-17-27(18-21-36)23-26-9-6-5-7-10-26/h5-7,9-16,24,27H,3-4,8,17-23H2,1-2H3,(H,34,38)(H,35,37). The summed E-state index contributed by atoms with van der Waals surface area (Å²) < 4.78 is 5.11. The van der Waals surface area contributed by atoms with E-state index in [9.17, 15) is 9.59 Å². The number of piperidine rings is 1. The highest BCUT2D eigenvalue weighted by Gasteiger charge is 2.24. The smallest absolute Gasteiger partial charge is 0.255 e. The molecule has 1 fully saturated rings. The maximum absolute atomic E-state index is 13.2. The summed E-state index contributed by atoms with van der Waals surface area (Å²) in [5, 5.41) is 5.94. The van der Waals surface area contributed by atoms with Crippen molar-refractivity contribution in [3.05, 3.63) is 95.1 Å². The minimum Gasteiger partial charge on any atom is -0.383 e. The number of amides is 2. The highest BCUT2D eigenvalue weighted by atomic mass is 16.5. The second kappa shape index (κ2) is 14.5. The van der Waals surface area contributed by atoms with Gasteiger partial charge in [-0.2, -0.15) is 0 Å². The lowest BCUT2D eigenvalue weighted by molar-refractivity contribution is 0.0936. The number of nitrogens with zero attached hydrogens (tertiary/aromatic N) is 1. The van der Waals surface area contributed by atoms with E-state index < -0.39 is 0 Å². The van der Waals surface area contributed by atoms with Crippen LogP contribution in [0.5, 0.6) is 0 Å². The summed E-state index contributed by atoms with van der Waals surface area (Å²) in [5.74, 6) is 0.289. The number of aryl methyl sites for hydroxylation is 1. The van der Waals surface area contributed by atoms with Crippen molar-refractivity contribution in [2.24, 2.45) is 5.92 Å². The van der Waals surface area contributed by atoms with Crippen molar-refractivity contribution >= 4 is 23.2 Å². The molecule has 3 aromatic carbocycles. The van der Waals surface area contributed by atoms with Gasteiger partial charge in [-0.05, 0) is 79.5 Å². The maximum atomic E-state index is 13.2. The van der Waals surface area contributed by atoms with Gasteiger partial charge in [-0.15, -0.1) is 0 Å². The summed E-state index contributed by atoms with van der Waals surface area (Å²) in [5.41, 5.74) is 5.30. The summed E-state index contributed by atoms with van der Waals surface area (Å²) in [4.78, 5) is 28.5. The Morgan fingerprint density at radius 3 is 2.36 bits per heavy atom. The molecule has 4 rings (SSSR count). The van der Waals surface area contributed by atoms with Crippen molar-refractivity contribution in [1.29, 1.82) is 0 Å². The van der Waals surface area contributed by atoms with Gasteiger partial charge in [0.05, 0.1) is 12.2 Å². The molecule has 1 saturated heterocycles. The van der Waals surface area contributed by atoms with Gasteiger partial charge in [0, 0.05) is 43.7 Å². The molecule has 0 aromatic heterocycles. The first-order valence-corrected chi connectivity index (χ1v) is 14.2. The highest BCUT2D eigenvalue weighted by Crippen LogP contribution is 2.30. The van der Waals surface area contributed by atoms with Crippen LogP contribution in [0, 0.1) is 5.92 Å². The predicted molar refractivity (Wildman–Crippen MR) is 159 cm³/mol. The number of hydrogen-bond donors (Lipinski definition) is 2. The Bertz CT molecular complexity index is 1200. The van der Waals surface area contributed by atoms with Crippen LogP contribution in [0.2, 0.25) is 0 Å². The van der Waals surface area contributed by atoms with E-state index in [1.165, 1.54) is 11.1 Å². The van der Waals surface area contributed by atoms with E-state index >= 15 is 0 Å². The maximum Gasteiger partial charge on any atom is 0.255 e. The van der Waals surface area contributed by atoms with E-state index in [-0.39, 0.29) is 11.8 Å². The van der Waals surface area contributed by atoms with Gasteiger partial charge in [0.2, 0.25) is 0 Å². The number of hydrogen-bond acceptors (Lipinski definition) is 4. The first kappa shape index (κ1) is 28.4. The predicted octanol–water partition coefficient (Wildman–Crippen LogP) is 6.12. The van der Waals surface area contributed by atoms with Gasteiger partial charge < -0.3 is 20.3 Å². The SMILES string of the molecule is CCCCc1ccc(C(=O)Nc2ccc(N3CCC(Cc4ccccc4)CC3)c(C(=O)NCCOC)c2)cc1. The Balaban J connectivity index is 1.45. The van der Waals surface area contributed by atoms with Crippen molar-refractivity contribution in [1.82, 2.24) is 5.32 Å². The second-order valence-electron chi connectivity index (χ2n) is 10.4. The highest BCUT2D eigenvalue weighted by molar-refractivity contribution is 6.06. The van der Waals surface area contributed by atoms with E-state index in [0.717, 1.165) is 57.3 Å². The van der Waals surface area contributed by atoms with Crippen LogP contribution in [0.25, 0.3) is 0 Å². The first-order valence-electron chi connectivity index (χ1n) is 14.2. The van der Waals surface area contributed by atoms with Crippen molar-refractivity contribution < 1.29 is 14.3 Å². The fourth-order valence-corrected chi connectivity index (χ4v) is 5.17. The third kappa shape index (κ3) is 8.17. The van der Waals surface area contributed by atoms with Crippen molar-refractivity contribution in [2.45, 2.75) is 45.4 Å². The Morgan fingerprint density at radius 1 is 0.923 bits per heavy atom. The van der Waals surface area contributed by atoms with Crippen LogP contribution in [0.4, 0.5) is 11.4 Å². The fraction of sp³-hybridized carbons (Fsp3) is 0.394. The molecule has 2 amide bonds. The number of methoxy groups -OCH3 is 1. The quantitative estimate of drug-likeness (QED) is 0.279. The Hall–Kier alpha value is -3.64. The normalized spacial score (nSPS) is 13.7. The van der Waals surface area contributed by atoms with E-state index in [2.05, 4.69) is 52.8 Å². The largest absolute Gasteiger partial charge is 0.383 e. The molecular formula is C33H41N3O3. The van der Waals surface area contributed by atoms with Crippen LogP contribution in [-0.2, 0) is 17.6 Å². The zero-order chi connectivity index (χ0) is 27.5. The molecule has 1 aliphatic heterocycles. The number of carbonyl (C=O) groups excluding carboxylic acids is 2. The zero-order valence-electron chi connectivity index (χ0n) is 23.2. The number of ether oxygens (including phenoxy) is 1. The first-order chi connectivity index (χ1) is 19.1. The van der Waals surface area contributed by atoms with Gasteiger partial charge in [0.1, 0.15) is 0 Å². The molecule has 0 bridgehead atoms. The third-order valence-corrected chi connectivity index (χ3v) is 7.45. The van der Waals surface area contributed by atoms with E-state index in [1.807, 2.05) is 36.4 Å². The van der Waals surface area contributed by atoms with Gasteiger partial charge in [0.25, 0.3) is 11.8 Å². The molecule has 6 nitrogen and oxygen atoms in total. The summed E-state index contributed by atoms with van der Waals surface area (Å²) in [7, 11) is 1.61. The minimum absolute atomic E-state index is 0.162. The average molecular weight is 528 g/mol. The molecule has 206 valence electrons. The lowest BCUT2D eigenvalue weighted by atomic mass is 9.89. The van der Waals surface area contributed by atoms with Gasteiger partial charge in [-0.3, -0.25) is 9.59 Å². The van der Waals surface area contributed by atoms with Crippen LogP contribution in [0.3, 0.4) is 0 Å². The molecule has 0 aliphatic carbocycles. The molecule has 2 N–H and O–H groups in total. The Labute approximate surface area is 232 Å². The van der Waals surface area contributed by atoms with Crippen LogP contribution >= 0.6 is 0 Å². The molecule has 0 unspecified atom stereocenters. The summed E-state index contributed by atoms with van der Waals surface area (Å²) >= 11 is 0. The summed E-state index contributed by atoms with van der Waals surface area (Å²) in [6, 6.07) is 24.1. The van der Waals surface area contributed by atoms with E-state index in [0.29, 0.717) is 35.9 Å². The number of carbonyl (C=O) groups is 2. The van der Waals surface area contributed by atoms with Crippen LogP contribution < -0.4 is 15.5 Å². The van der Waals surface area contributed by atoms with Crippen LogP contribution in [0.1, 0.15) is 64.4 Å². The fourth-order valence-electron chi connectivity index (χ4n) is 5.17. The zero-order valence-corrected chi connectivity index (χ0v) is 23.2. The van der Waals surface area contributed by atoms with E-state index in [4.69, 9.17) is 4.74 Å². The molecule has 39 heavy (non-hydrogen) atoms.